The highest BCUT2D eigenvalue weighted by atomic mass is 16.5. The zero-order valence-corrected chi connectivity index (χ0v) is 14.9. The fourth-order valence-electron chi connectivity index (χ4n) is 3.49. The lowest BCUT2D eigenvalue weighted by Gasteiger charge is -2.35. The number of para-hydroxylation sites is 1. The number of amides is 1. The van der Waals surface area contributed by atoms with Gasteiger partial charge in [-0.05, 0) is 37.3 Å². The first-order valence-corrected chi connectivity index (χ1v) is 8.74. The van der Waals surface area contributed by atoms with Gasteiger partial charge in [0.2, 0.25) is 5.91 Å². The molecule has 0 unspecified atom stereocenters. The molecule has 0 aromatic heterocycles. The normalized spacial score (nSPS) is 16.3. The lowest BCUT2D eigenvalue weighted by molar-refractivity contribution is -0.152. The van der Waals surface area contributed by atoms with Crippen LogP contribution in [0.4, 0.5) is 5.69 Å². The Bertz CT molecular complexity index is 592. The van der Waals surface area contributed by atoms with Crippen molar-refractivity contribution >= 4 is 17.6 Å². The predicted octanol–water partition coefficient (Wildman–Crippen LogP) is 2.96. The molecular formula is C19H28N2O3. The zero-order chi connectivity index (χ0) is 17.6. The average molecular weight is 332 g/mol. The van der Waals surface area contributed by atoms with Crippen molar-refractivity contribution in [1.82, 2.24) is 5.32 Å². The average Bonchev–Trinajstić information content (AvgIpc) is 2.60. The molecule has 0 bridgehead atoms. The Hall–Kier alpha value is -2.04. The highest BCUT2D eigenvalue weighted by Gasteiger charge is 2.41. The van der Waals surface area contributed by atoms with Crippen molar-refractivity contribution in [2.45, 2.75) is 57.9 Å². The van der Waals surface area contributed by atoms with Crippen LogP contribution in [0.15, 0.2) is 18.2 Å². The summed E-state index contributed by atoms with van der Waals surface area (Å²) in [4.78, 5) is 24.6. The minimum atomic E-state index is -0.856. The maximum absolute atomic E-state index is 12.4. The molecule has 1 aliphatic rings. The first kappa shape index (κ1) is 18.3. The summed E-state index contributed by atoms with van der Waals surface area (Å²) < 4.78 is 4.94. The van der Waals surface area contributed by atoms with Gasteiger partial charge >= 0.3 is 5.97 Å². The Labute approximate surface area is 144 Å². The second-order valence-electron chi connectivity index (χ2n) is 6.50. The van der Waals surface area contributed by atoms with Crippen LogP contribution in [0.2, 0.25) is 0 Å². The van der Waals surface area contributed by atoms with Crippen LogP contribution in [-0.2, 0) is 20.7 Å². The monoisotopic (exact) mass is 332 g/mol. The van der Waals surface area contributed by atoms with Crippen LogP contribution in [-0.4, -0.2) is 31.1 Å². The third-order valence-corrected chi connectivity index (χ3v) is 4.83. The molecule has 2 N–H and O–H groups in total. The highest BCUT2D eigenvalue weighted by molar-refractivity contribution is 5.90. The molecule has 1 aromatic rings. The van der Waals surface area contributed by atoms with Gasteiger partial charge in [0.15, 0.2) is 0 Å². The van der Waals surface area contributed by atoms with Crippen molar-refractivity contribution < 1.29 is 14.3 Å². The fraction of sp³-hybridized carbons (Fsp3) is 0.579. The lowest BCUT2D eigenvalue weighted by Crippen LogP contribution is -2.57. The number of esters is 1. The number of methoxy groups -OCH3 is 1. The summed E-state index contributed by atoms with van der Waals surface area (Å²) in [7, 11) is 1.38. The minimum absolute atomic E-state index is 0.149. The number of anilines is 1. The van der Waals surface area contributed by atoms with Gasteiger partial charge in [0.05, 0.1) is 13.7 Å². The van der Waals surface area contributed by atoms with Crippen LogP contribution in [0, 0.1) is 6.92 Å². The molecule has 5 heteroatoms. The summed E-state index contributed by atoms with van der Waals surface area (Å²) in [5, 5.41) is 6.17. The Morgan fingerprint density at radius 3 is 2.54 bits per heavy atom. The van der Waals surface area contributed by atoms with Gasteiger partial charge in [0, 0.05) is 5.69 Å². The second-order valence-corrected chi connectivity index (χ2v) is 6.50. The van der Waals surface area contributed by atoms with Crippen LogP contribution in [0.25, 0.3) is 0 Å². The number of hydrogen-bond donors (Lipinski definition) is 2. The first-order valence-electron chi connectivity index (χ1n) is 8.74. The summed E-state index contributed by atoms with van der Waals surface area (Å²) in [6, 6.07) is 6.11. The smallest absolute Gasteiger partial charge is 0.331 e. The van der Waals surface area contributed by atoms with E-state index >= 15 is 0 Å². The number of hydrogen-bond acceptors (Lipinski definition) is 4. The number of rotatable bonds is 6. The predicted molar refractivity (Wildman–Crippen MR) is 95.0 cm³/mol. The molecule has 1 saturated carbocycles. The molecule has 0 spiro atoms. The number of aryl methyl sites for hydroxylation is 2. The molecular weight excluding hydrogens is 304 g/mol. The molecule has 0 aliphatic heterocycles. The molecule has 1 aromatic carbocycles. The van der Waals surface area contributed by atoms with E-state index in [0.29, 0.717) is 12.8 Å². The maximum atomic E-state index is 12.4. The molecule has 132 valence electrons. The third-order valence-electron chi connectivity index (χ3n) is 4.83. The van der Waals surface area contributed by atoms with E-state index < -0.39 is 5.54 Å². The molecule has 1 fully saturated rings. The largest absolute Gasteiger partial charge is 0.467 e. The first-order chi connectivity index (χ1) is 11.5. The van der Waals surface area contributed by atoms with Gasteiger partial charge in [0.25, 0.3) is 0 Å². The number of carbonyl (C=O) groups is 2. The minimum Gasteiger partial charge on any atom is -0.467 e. The quantitative estimate of drug-likeness (QED) is 0.786. The topological polar surface area (TPSA) is 67.4 Å². The van der Waals surface area contributed by atoms with E-state index in [0.717, 1.165) is 36.9 Å². The van der Waals surface area contributed by atoms with Crippen molar-refractivity contribution in [3.8, 4) is 0 Å². The third kappa shape index (κ3) is 4.08. The molecule has 1 aliphatic carbocycles. The van der Waals surface area contributed by atoms with Crippen molar-refractivity contribution in [2.75, 3.05) is 19.0 Å². The van der Waals surface area contributed by atoms with Gasteiger partial charge in [-0.25, -0.2) is 4.79 Å². The Balaban J connectivity index is 2.03. The van der Waals surface area contributed by atoms with Crippen molar-refractivity contribution in [1.29, 1.82) is 0 Å². The highest BCUT2D eigenvalue weighted by Crippen LogP contribution is 2.29. The van der Waals surface area contributed by atoms with Gasteiger partial charge in [-0.1, -0.05) is 44.4 Å². The standard InChI is InChI=1S/C19H28N2O3/c1-4-15-10-8-9-14(2)17(15)20-13-16(22)21-19(18(23)24-3)11-6-5-7-12-19/h8-10,20H,4-7,11-13H2,1-3H3,(H,21,22). The molecule has 5 nitrogen and oxygen atoms in total. The maximum Gasteiger partial charge on any atom is 0.331 e. The molecule has 0 radical (unpaired) electrons. The van der Waals surface area contributed by atoms with E-state index in [1.165, 1.54) is 12.7 Å². The van der Waals surface area contributed by atoms with E-state index in [2.05, 4.69) is 23.6 Å². The number of carbonyl (C=O) groups excluding carboxylic acids is 2. The molecule has 0 saturated heterocycles. The van der Waals surface area contributed by atoms with Gasteiger partial charge in [-0.15, -0.1) is 0 Å². The van der Waals surface area contributed by atoms with E-state index in [-0.39, 0.29) is 18.4 Å². The summed E-state index contributed by atoms with van der Waals surface area (Å²) in [5.74, 6) is -0.506. The van der Waals surface area contributed by atoms with Crippen molar-refractivity contribution in [3.63, 3.8) is 0 Å². The zero-order valence-electron chi connectivity index (χ0n) is 14.9. The second kappa shape index (κ2) is 8.18. The van der Waals surface area contributed by atoms with Gasteiger partial charge in [0.1, 0.15) is 5.54 Å². The molecule has 1 amide bonds. The SMILES string of the molecule is CCc1cccc(C)c1NCC(=O)NC1(C(=O)OC)CCCCC1. The summed E-state index contributed by atoms with van der Waals surface area (Å²) >= 11 is 0. The van der Waals surface area contributed by atoms with E-state index in [9.17, 15) is 9.59 Å². The van der Waals surface area contributed by atoms with Crippen molar-refractivity contribution in [3.05, 3.63) is 29.3 Å². The van der Waals surface area contributed by atoms with Crippen LogP contribution < -0.4 is 10.6 Å². The van der Waals surface area contributed by atoms with Crippen molar-refractivity contribution in [2.24, 2.45) is 0 Å². The molecule has 0 heterocycles. The summed E-state index contributed by atoms with van der Waals surface area (Å²) in [5.41, 5.74) is 2.45. The number of benzene rings is 1. The number of ether oxygens (including phenoxy) is 1. The van der Waals surface area contributed by atoms with Gasteiger partial charge < -0.3 is 15.4 Å². The summed E-state index contributed by atoms with van der Waals surface area (Å²) in [6.07, 6.45) is 5.15. The van der Waals surface area contributed by atoms with E-state index in [1.807, 2.05) is 19.1 Å². The van der Waals surface area contributed by atoms with Crippen LogP contribution in [0.3, 0.4) is 0 Å². The summed E-state index contributed by atoms with van der Waals surface area (Å²) in [6.45, 7) is 4.27. The molecule has 2 rings (SSSR count). The van der Waals surface area contributed by atoms with E-state index in [4.69, 9.17) is 4.74 Å². The lowest BCUT2D eigenvalue weighted by atomic mass is 9.81. The van der Waals surface area contributed by atoms with Crippen LogP contribution >= 0.6 is 0 Å². The Kier molecular flexibility index (Phi) is 6.23. The van der Waals surface area contributed by atoms with Gasteiger partial charge in [-0.2, -0.15) is 0 Å². The Morgan fingerprint density at radius 2 is 1.92 bits per heavy atom. The molecule has 24 heavy (non-hydrogen) atoms. The van der Waals surface area contributed by atoms with E-state index in [1.54, 1.807) is 0 Å². The van der Waals surface area contributed by atoms with Crippen LogP contribution in [0.5, 0.6) is 0 Å². The molecule has 0 atom stereocenters. The van der Waals surface area contributed by atoms with Gasteiger partial charge in [-0.3, -0.25) is 4.79 Å². The number of nitrogens with one attached hydrogen (secondary N) is 2. The fourth-order valence-corrected chi connectivity index (χ4v) is 3.49. The Morgan fingerprint density at radius 1 is 1.21 bits per heavy atom. The van der Waals surface area contributed by atoms with Crippen LogP contribution in [0.1, 0.15) is 50.2 Å².